The van der Waals surface area contributed by atoms with Gasteiger partial charge in [-0.3, -0.25) is 9.78 Å². The van der Waals surface area contributed by atoms with Crippen molar-refractivity contribution in [3.63, 3.8) is 0 Å². The summed E-state index contributed by atoms with van der Waals surface area (Å²) in [5.74, 6) is -0.107. The van der Waals surface area contributed by atoms with Crippen LogP contribution in [-0.2, 0) is 4.74 Å². The molecule has 0 aliphatic carbocycles. The number of benzene rings is 1. The van der Waals surface area contributed by atoms with Gasteiger partial charge in [0.25, 0.3) is 5.91 Å². The molecule has 2 atom stereocenters. The number of nitrogens with one attached hydrogen (secondary N) is 1. The van der Waals surface area contributed by atoms with Crippen LogP contribution in [0, 0.1) is 5.82 Å². The first-order valence-corrected chi connectivity index (χ1v) is 7.79. The average Bonchev–Trinajstić information content (AvgIpc) is 3.04. The summed E-state index contributed by atoms with van der Waals surface area (Å²) in [5, 5.41) is 2.89. The van der Waals surface area contributed by atoms with Crippen molar-refractivity contribution in [2.45, 2.75) is 18.6 Å². The Morgan fingerprint density at radius 2 is 2.41 bits per heavy atom. The number of rotatable bonds is 4. The summed E-state index contributed by atoms with van der Waals surface area (Å²) in [6.07, 6.45) is 1.89. The average molecular weight is 322 g/mol. The number of hydrogen-bond donors (Lipinski definition) is 1. The van der Waals surface area contributed by atoms with Crippen LogP contribution in [0.25, 0.3) is 0 Å². The van der Waals surface area contributed by atoms with E-state index in [1.807, 2.05) is 0 Å². The minimum Gasteiger partial charge on any atom is -0.488 e. The monoisotopic (exact) mass is 322 g/mol. The van der Waals surface area contributed by atoms with Gasteiger partial charge in [0.05, 0.1) is 31.0 Å². The Labute approximate surface area is 131 Å². The van der Waals surface area contributed by atoms with Gasteiger partial charge in [0.2, 0.25) is 0 Å². The molecule has 1 fully saturated rings. The van der Waals surface area contributed by atoms with Gasteiger partial charge < -0.3 is 14.8 Å². The van der Waals surface area contributed by atoms with E-state index in [0.717, 1.165) is 0 Å². The molecule has 1 aliphatic heterocycles. The smallest absolute Gasteiger partial charge is 0.263 e. The molecule has 1 N–H and O–H groups in total. The predicted molar refractivity (Wildman–Crippen MR) is 79.6 cm³/mol. The molecule has 7 heteroatoms. The second-order valence-electron chi connectivity index (χ2n) is 4.92. The third-order valence-corrected chi connectivity index (χ3v) is 4.12. The van der Waals surface area contributed by atoms with Gasteiger partial charge in [-0.2, -0.15) is 0 Å². The maximum Gasteiger partial charge on any atom is 0.263 e. The topological polar surface area (TPSA) is 60.5 Å². The van der Waals surface area contributed by atoms with Crippen molar-refractivity contribution in [3.05, 3.63) is 46.7 Å². The van der Waals surface area contributed by atoms with Crippen molar-refractivity contribution in [3.8, 4) is 5.75 Å². The van der Waals surface area contributed by atoms with Gasteiger partial charge in [-0.15, -0.1) is 11.3 Å². The van der Waals surface area contributed by atoms with Gasteiger partial charge in [0.1, 0.15) is 22.5 Å². The van der Waals surface area contributed by atoms with Crippen LogP contribution in [0.15, 0.2) is 36.0 Å². The molecule has 0 saturated carbocycles. The number of hydrogen-bond acceptors (Lipinski definition) is 5. The second kappa shape index (κ2) is 6.85. The molecule has 0 radical (unpaired) electrons. The molecule has 1 amide bonds. The highest BCUT2D eigenvalue weighted by atomic mass is 32.1. The van der Waals surface area contributed by atoms with Crippen LogP contribution in [0.2, 0.25) is 0 Å². The summed E-state index contributed by atoms with van der Waals surface area (Å²) in [4.78, 5) is 16.5. The Bertz CT molecular complexity index is 635. The van der Waals surface area contributed by atoms with Gasteiger partial charge >= 0.3 is 0 Å². The van der Waals surface area contributed by atoms with Crippen LogP contribution in [0.3, 0.4) is 0 Å². The quantitative estimate of drug-likeness (QED) is 0.938. The molecule has 1 aromatic heterocycles. The van der Waals surface area contributed by atoms with E-state index < -0.39 is 0 Å². The molecular weight excluding hydrogens is 307 g/mol. The zero-order chi connectivity index (χ0) is 15.4. The molecule has 0 unspecified atom stereocenters. The van der Waals surface area contributed by atoms with Crippen LogP contribution in [0.5, 0.6) is 5.75 Å². The number of aromatic nitrogens is 1. The molecule has 5 nitrogen and oxygen atoms in total. The minimum absolute atomic E-state index is 0.203. The summed E-state index contributed by atoms with van der Waals surface area (Å²) in [6, 6.07) is 5.69. The van der Waals surface area contributed by atoms with Gasteiger partial charge in [0, 0.05) is 12.5 Å². The Morgan fingerprint density at radius 1 is 1.50 bits per heavy atom. The van der Waals surface area contributed by atoms with Gasteiger partial charge in [0.15, 0.2) is 0 Å². The lowest BCUT2D eigenvalue weighted by Gasteiger charge is -2.32. The Balaban J connectivity index is 1.67. The van der Waals surface area contributed by atoms with Crippen LogP contribution in [0.1, 0.15) is 16.1 Å². The van der Waals surface area contributed by atoms with Crippen molar-refractivity contribution >= 4 is 17.2 Å². The van der Waals surface area contributed by atoms with Crippen LogP contribution in [0.4, 0.5) is 4.39 Å². The largest absolute Gasteiger partial charge is 0.488 e. The zero-order valence-corrected chi connectivity index (χ0v) is 12.5. The molecule has 1 aliphatic rings. The summed E-state index contributed by atoms with van der Waals surface area (Å²) in [7, 11) is 0. The number of halogens is 1. The van der Waals surface area contributed by atoms with E-state index in [1.54, 1.807) is 17.6 Å². The number of nitrogens with zero attached hydrogens (tertiary/aromatic N) is 1. The summed E-state index contributed by atoms with van der Waals surface area (Å²) >= 11 is 1.27. The number of thiazole rings is 1. The molecule has 1 aromatic carbocycles. The first kappa shape index (κ1) is 14.9. The molecule has 1 saturated heterocycles. The van der Waals surface area contributed by atoms with Crippen molar-refractivity contribution in [1.82, 2.24) is 10.3 Å². The first-order chi connectivity index (χ1) is 10.7. The second-order valence-corrected chi connectivity index (χ2v) is 5.81. The molecule has 2 aromatic rings. The maximum absolute atomic E-state index is 13.2. The summed E-state index contributed by atoms with van der Waals surface area (Å²) < 4.78 is 24.5. The Hall–Kier alpha value is -1.99. The van der Waals surface area contributed by atoms with Crippen LogP contribution < -0.4 is 10.1 Å². The molecule has 22 heavy (non-hydrogen) atoms. The van der Waals surface area contributed by atoms with Crippen molar-refractivity contribution in [1.29, 1.82) is 0 Å². The van der Waals surface area contributed by atoms with Crippen LogP contribution >= 0.6 is 11.3 Å². The Kier molecular flexibility index (Phi) is 4.65. The molecule has 0 bridgehead atoms. The van der Waals surface area contributed by atoms with Crippen molar-refractivity contribution in [2.75, 3.05) is 13.2 Å². The fourth-order valence-electron chi connectivity index (χ4n) is 2.28. The lowest BCUT2D eigenvalue weighted by Crippen LogP contribution is -2.51. The number of carbonyl (C=O) groups is 1. The minimum atomic E-state index is -0.352. The zero-order valence-electron chi connectivity index (χ0n) is 11.7. The summed E-state index contributed by atoms with van der Waals surface area (Å²) in [5.41, 5.74) is 1.60. The molecule has 116 valence electrons. The third kappa shape index (κ3) is 3.61. The maximum atomic E-state index is 13.2. The van der Waals surface area contributed by atoms with E-state index >= 15 is 0 Å². The van der Waals surface area contributed by atoms with Gasteiger partial charge in [-0.05, 0) is 12.1 Å². The third-order valence-electron chi connectivity index (χ3n) is 3.35. The normalized spacial score (nSPS) is 21.3. The summed E-state index contributed by atoms with van der Waals surface area (Å²) in [6.45, 7) is 0.914. The standard InChI is InChI=1S/C15H15FN2O3S/c16-10-2-1-3-11(6-10)21-13-4-5-20-8-12(13)18-15(19)14-7-17-9-22-14/h1-3,6-7,9,12-13H,4-5,8H2,(H,18,19)/t12-,13+/m1/s1. The Morgan fingerprint density at radius 3 is 3.18 bits per heavy atom. The van der Waals surface area contributed by atoms with Crippen molar-refractivity contribution in [2.24, 2.45) is 0 Å². The van der Waals surface area contributed by atoms with Gasteiger partial charge in [-0.25, -0.2) is 4.39 Å². The van der Waals surface area contributed by atoms with Gasteiger partial charge in [-0.1, -0.05) is 6.07 Å². The number of ether oxygens (including phenoxy) is 2. The predicted octanol–water partition coefficient (Wildman–Crippen LogP) is 2.25. The van der Waals surface area contributed by atoms with E-state index in [0.29, 0.717) is 30.3 Å². The first-order valence-electron chi connectivity index (χ1n) is 6.92. The molecule has 2 heterocycles. The number of amides is 1. The van der Waals surface area contributed by atoms with E-state index in [4.69, 9.17) is 9.47 Å². The van der Waals surface area contributed by atoms with E-state index in [2.05, 4.69) is 10.3 Å². The SMILES string of the molecule is O=C(N[C@@H]1COCC[C@@H]1Oc1cccc(F)c1)c1cncs1. The van der Waals surface area contributed by atoms with E-state index in [1.165, 1.54) is 29.7 Å². The molecule has 3 rings (SSSR count). The highest BCUT2D eigenvalue weighted by Crippen LogP contribution is 2.19. The highest BCUT2D eigenvalue weighted by molar-refractivity contribution is 7.11. The van der Waals surface area contributed by atoms with E-state index in [9.17, 15) is 9.18 Å². The fourth-order valence-corrected chi connectivity index (χ4v) is 2.80. The lowest BCUT2D eigenvalue weighted by molar-refractivity contribution is -0.00292. The van der Waals surface area contributed by atoms with Crippen LogP contribution in [-0.4, -0.2) is 36.3 Å². The highest BCUT2D eigenvalue weighted by Gasteiger charge is 2.29. The molecular formula is C15H15FN2O3S. The van der Waals surface area contributed by atoms with E-state index in [-0.39, 0.29) is 23.9 Å². The fraction of sp³-hybridized carbons (Fsp3) is 0.333. The lowest BCUT2D eigenvalue weighted by atomic mass is 10.1. The molecule has 0 spiro atoms. The number of carbonyl (C=O) groups excluding carboxylic acids is 1. The van der Waals surface area contributed by atoms with Crippen molar-refractivity contribution < 1.29 is 18.7 Å².